The molecular weight excluding hydrogens is 224 g/mol. The number of rotatable bonds is 7. The lowest BCUT2D eigenvalue weighted by Gasteiger charge is -2.35. The highest BCUT2D eigenvalue weighted by Crippen LogP contribution is 2.17. The van der Waals surface area contributed by atoms with Crippen LogP contribution in [0.4, 0.5) is 0 Å². The van der Waals surface area contributed by atoms with Crippen molar-refractivity contribution in [3.63, 3.8) is 0 Å². The summed E-state index contributed by atoms with van der Waals surface area (Å²) in [4.78, 5) is 2.36. The molecule has 0 radical (unpaired) electrons. The van der Waals surface area contributed by atoms with Gasteiger partial charge in [0.05, 0.1) is 6.61 Å². The van der Waals surface area contributed by atoms with Gasteiger partial charge < -0.3 is 10.1 Å². The fourth-order valence-corrected chi connectivity index (χ4v) is 1.91. The molecule has 0 saturated carbocycles. The zero-order valence-corrected chi connectivity index (χ0v) is 12.3. The Labute approximate surface area is 111 Å². The maximum atomic E-state index is 5.45. The van der Waals surface area contributed by atoms with Gasteiger partial charge >= 0.3 is 0 Å². The van der Waals surface area contributed by atoms with Gasteiger partial charge in [0.2, 0.25) is 0 Å². The molecule has 18 heavy (non-hydrogen) atoms. The standard InChI is InChI=1S/C15H26N2O/c1-6-18-14-9-7-13(8-10-14)11-17(5)15(2,3)12-16-4/h7-10,16H,6,11-12H2,1-5H3. The summed E-state index contributed by atoms with van der Waals surface area (Å²) < 4.78 is 5.45. The van der Waals surface area contributed by atoms with E-state index in [0.717, 1.165) is 18.8 Å². The Morgan fingerprint density at radius 3 is 2.33 bits per heavy atom. The Morgan fingerprint density at radius 1 is 1.22 bits per heavy atom. The summed E-state index contributed by atoms with van der Waals surface area (Å²) in [5, 5.41) is 3.24. The number of nitrogens with one attached hydrogen (secondary N) is 1. The second-order valence-electron chi connectivity index (χ2n) is 5.28. The molecule has 0 unspecified atom stereocenters. The van der Waals surface area contributed by atoms with Crippen LogP contribution in [0.2, 0.25) is 0 Å². The van der Waals surface area contributed by atoms with Crippen molar-refractivity contribution in [2.75, 3.05) is 27.2 Å². The van der Waals surface area contributed by atoms with Gasteiger partial charge in [0.15, 0.2) is 0 Å². The fourth-order valence-electron chi connectivity index (χ4n) is 1.91. The first-order valence-corrected chi connectivity index (χ1v) is 6.57. The molecule has 102 valence electrons. The van der Waals surface area contributed by atoms with E-state index in [1.807, 2.05) is 26.1 Å². The number of benzene rings is 1. The molecule has 3 nitrogen and oxygen atoms in total. The summed E-state index contributed by atoms with van der Waals surface area (Å²) in [6, 6.07) is 8.35. The van der Waals surface area contributed by atoms with Gasteiger partial charge in [0.1, 0.15) is 5.75 Å². The maximum absolute atomic E-state index is 5.45. The van der Waals surface area contributed by atoms with Gasteiger partial charge in [-0.05, 0) is 52.6 Å². The van der Waals surface area contributed by atoms with E-state index in [9.17, 15) is 0 Å². The number of likely N-dealkylation sites (N-methyl/N-ethyl adjacent to an activating group) is 2. The molecule has 0 aliphatic heterocycles. The normalized spacial score (nSPS) is 11.9. The van der Waals surface area contributed by atoms with Gasteiger partial charge in [-0.2, -0.15) is 0 Å². The molecule has 1 aromatic rings. The molecule has 0 atom stereocenters. The van der Waals surface area contributed by atoms with E-state index in [1.165, 1.54) is 5.56 Å². The van der Waals surface area contributed by atoms with Crippen LogP contribution in [0.1, 0.15) is 26.3 Å². The van der Waals surface area contributed by atoms with Gasteiger partial charge in [-0.25, -0.2) is 0 Å². The molecule has 0 aliphatic rings. The van der Waals surface area contributed by atoms with Crippen LogP contribution in [0.3, 0.4) is 0 Å². The van der Waals surface area contributed by atoms with Gasteiger partial charge in [-0.1, -0.05) is 12.1 Å². The van der Waals surface area contributed by atoms with E-state index < -0.39 is 0 Å². The Balaban J connectivity index is 2.61. The van der Waals surface area contributed by atoms with Crippen LogP contribution in [-0.2, 0) is 6.54 Å². The van der Waals surface area contributed by atoms with Crippen molar-refractivity contribution in [3.05, 3.63) is 29.8 Å². The molecule has 0 aromatic heterocycles. The average Bonchev–Trinajstić information content (AvgIpc) is 2.32. The van der Waals surface area contributed by atoms with E-state index in [2.05, 4.69) is 43.2 Å². The topological polar surface area (TPSA) is 24.5 Å². The molecule has 0 amide bonds. The van der Waals surface area contributed by atoms with Crippen LogP contribution in [0.5, 0.6) is 5.75 Å². The molecular formula is C15H26N2O. The quantitative estimate of drug-likeness (QED) is 0.805. The van der Waals surface area contributed by atoms with E-state index in [1.54, 1.807) is 0 Å². The predicted molar refractivity (Wildman–Crippen MR) is 77.1 cm³/mol. The van der Waals surface area contributed by atoms with Crippen LogP contribution >= 0.6 is 0 Å². The molecule has 0 fully saturated rings. The lowest BCUT2D eigenvalue weighted by molar-refractivity contribution is 0.147. The molecule has 1 aromatic carbocycles. The third kappa shape index (κ3) is 4.31. The summed E-state index contributed by atoms with van der Waals surface area (Å²) in [6.07, 6.45) is 0. The van der Waals surface area contributed by atoms with Crippen LogP contribution in [0.15, 0.2) is 24.3 Å². The zero-order chi connectivity index (χ0) is 13.6. The van der Waals surface area contributed by atoms with Crippen molar-refractivity contribution < 1.29 is 4.74 Å². The number of ether oxygens (including phenoxy) is 1. The third-order valence-corrected chi connectivity index (χ3v) is 3.30. The molecule has 0 bridgehead atoms. The van der Waals surface area contributed by atoms with Crippen molar-refractivity contribution in [1.29, 1.82) is 0 Å². The molecule has 1 N–H and O–H groups in total. The van der Waals surface area contributed by atoms with E-state index in [-0.39, 0.29) is 5.54 Å². The molecule has 0 spiro atoms. The molecule has 3 heteroatoms. The van der Waals surface area contributed by atoms with Gasteiger partial charge in [0.25, 0.3) is 0 Å². The minimum absolute atomic E-state index is 0.146. The Kier molecular flexibility index (Phi) is 5.63. The number of hydrogen-bond donors (Lipinski definition) is 1. The lowest BCUT2D eigenvalue weighted by atomic mass is 10.0. The van der Waals surface area contributed by atoms with Gasteiger partial charge in [-0.3, -0.25) is 4.90 Å². The first-order valence-electron chi connectivity index (χ1n) is 6.57. The maximum Gasteiger partial charge on any atom is 0.119 e. The van der Waals surface area contributed by atoms with E-state index in [0.29, 0.717) is 6.61 Å². The highest BCUT2D eigenvalue weighted by molar-refractivity contribution is 5.27. The summed E-state index contributed by atoms with van der Waals surface area (Å²) in [5.74, 6) is 0.943. The van der Waals surface area contributed by atoms with Crippen LogP contribution in [0, 0.1) is 0 Å². The Hall–Kier alpha value is -1.06. The smallest absolute Gasteiger partial charge is 0.119 e. The first-order chi connectivity index (χ1) is 8.49. The lowest BCUT2D eigenvalue weighted by Crippen LogP contribution is -2.47. The largest absolute Gasteiger partial charge is 0.494 e. The number of hydrogen-bond acceptors (Lipinski definition) is 3. The Morgan fingerprint density at radius 2 is 1.83 bits per heavy atom. The van der Waals surface area contributed by atoms with Crippen molar-refractivity contribution in [1.82, 2.24) is 10.2 Å². The van der Waals surface area contributed by atoms with Crippen molar-refractivity contribution in [2.24, 2.45) is 0 Å². The average molecular weight is 250 g/mol. The third-order valence-electron chi connectivity index (χ3n) is 3.30. The van der Waals surface area contributed by atoms with Crippen LogP contribution in [-0.4, -0.2) is 37.7 Å². The zero-order valence-electron chi connectivity index (χ0n) is 12.3. The van der Waals surface area contributed by atoms with Crippen molar-refractivity contribution in [3.8, 4) is 5.75 Å². The summed E-state index contributed by atoms with van der Waals surface area (Å²) in [7, 11) is 4.15. The Bertz CT molecular complexity index is 346. The highest BCUT2D eigenvalue weighted by Gasteiger charge is 2.22. The van der Waals surface area contributed by atoms with Crippen molar-refractivity contribution >= 4 is 0 Å². The van der Waals surface area contributed by atoms with E-state index >= 15 is 0 Å². The second kappa shape index (κ2) is 6.76. The molecule has 1 rings (SSSR count). The summed E-state index contributed by atoms with van der Waals surface area (Å²) in [6.45, 7) is 9.13. The van der Waals surface area contributed by atoms with Crippen LogP contribution in [0.25, 0.3) is 0 Å². The summed E-state index contributed by atoms with van der Waals surface area (Å²) >= 11 is 0. The monoisotopic (exact) mass is 250 g/mol. The summed E-state index contributed by atoms with van der Waals surface area (Å²) in [5.41, 5.74) is 1.46. The second-order valence-corrected chi connectivity index (χ2v) is 5.28. The minimum atomic E-state index is 0.146. The minimum Gasteiger partial charge on any atom is -0.494 e. The van der Waals surface area contributed by atoms with Crippen molar-refractivity contribution in [2.45, 2.75) is 32.9 Å². The SMILES string of the molecule is CCOc1ccc(CN(C)C(C)(C)CNC)cc1. The van der Waals surface area contributed by atoms with E-state index in [4.69, 9.17) is 4.74 Å². The highest BCUT2D eigenvalue weighted by atomic mass is 16.5. The molecule has 0 heterocycles. The predicted octanol–water partition coefficient (Wildman–Crippen LogP) is 2.52. The van der Waals surface area contributed by atoms with Gasteiger partial charge in [0, 0.05) is 18.6 Å². The molecule has 0 aliphatic carbocycles. The fraction of sp³-hybridized carbons (Fsp3) is 0.600. The first kappa shape index (κ1) is 15.0. The number of nitrogens with zero attached hydrogens (tertiary/aromatic N) is 1. The van der Waals surface area contributed by atoms with Gasteiger partial charge in [-0.15, -0.1) is 0 Å². The van der Waals surface area contributed by atoms with Crippen LogP contribution < -0.4 is 10.1 Å². The molecule has 0 saturated heterocycles.